The number of unbranched alkanes of at least 4 members (excludes halogenated alkanes) is 4. The molecule has 0 aromatic rings. The van der Waals surface area contributed by atoms with Gasteiger partial charge in [0.25, 0.3) is 33.7 Å². The number of rotatable bonds is 58. The molecule has 36 nitrogen and oxygen atoms in total. The maximum atomic E-state index is 13.3. The van der Waals surface area contributed by atoms with Crippen molar-refractivity contribution < 1.29 is 112 Å². The van der Waals surface area contributed by atoms with Gasteiger partial charge in [-0.15, -0.1) is 0 Å². The molecule has 0 aliphatic carbocycles. The van der Waals surface area contributed by atoms with Crippen molar-refractivity contribution in [2.24, 2.45) is 70.5 Å². The maximum absolute atomic E-state index is 13.3. The van der Waals surface area contributed by atoms with E-state index in [-0.39, 0.29) is 167 Å². The smallest absolute Gasteiger partial charge is 0.312 e. The van der Waals surface area contributed by atoms with Gasteiger partial charge in [-0.1, -0.05) is 103 Å². The molecule has 0 bridgehead atoms. The van der Waals surface area contributed by atoms with Gasteiger partial charge in [-0.2, -0.15) is 8.42 Å². The number of hydrogen-bond acceptors (Lipinski definition) is 23. The first-order valence-electron chi connectivity index (χ1n) is 38.7. The van der Waals surface area contributed by atoms with Crippen molar-refractivity contribution in [3.05, 3.63) is 36.3 Å². The number of Topliss-reactive ketones (excluding diaryl/α,β-unsaturated/α-hetero) is 6. The average molecular weight is 1660 g/mol. The first-order chi connectivity index (χ1) is 53.2. The minimum atomic E-state index is -4.72. The first-order valence-corrected chi connectivity index (χ1v) is 42.0. The van der Waals surface area contributed by atoms with Crippen molar-refractivity contribution in [2.45, 2.75) is 216 Å². The molecule has 14 N–H and O–H groups in total. The van der Waals surface area contributed by atoms with Gasteiger partial charge in [-0.05, 0) is 82.0 Å². The summed E-state index contributed by atoms with van der Waals surface area (Å²) in [6.45, 7) is 25.6. The third kappa shape index (κ3) is 45.8. The molecular weight excluding hydrogens is 1530 g/mol. The number of nitrogens with two attached hydrogens (primary N) is 3. The fourth-order valence-electron chi connectivity index (χ4n) is 11.9. The van der Waals surface area contributed by atoms with Crippen LogP contribution in [0.15, 0.2) is 36.3 Å². The number of urea groups is 3. The predicted octanol–water partition coefficient (Wildman–Crippen LogP) is 3.06. The summed E-state index contributed by atoms with van der Waals surface area (Å²) >= 11 is 0. The molecule has 0 spiro atoms. The van der Waals surface area contributed by atoms with Gasteiger partial charge in [0.05, 0.1) is 50.2 Å². The van der Waals surface area contributed by atoms with E-state index in [1.807, 2.05) is 13.8 Å². The van der Waals surface area contributed by atoms with Crippen LogP contribution in [0.2, 0.25) is 0 Å². The molecule has 0 radical (unpaired) electrons. The lowest BCUT2D eigenvalue weighted by atomic mass is 9.84. The van der Waals surface area contributed by atoms with Gasteiger partial charge in [-0.3, -0.25) is 81.5 Å². The van der Waals surface area contributed by atoms with E-state index < -0.39 is 127 Å². The number of carbonyl (C=O) groups excluding carboxylic acids is 17. The first kappa shape index (κ1) is 105. The summed E-state index contributed by atoms with van der Waals surface area (Å²) in [7, 11) is -7.95. The minimum absolute atomic E-state index is 0.00541. The highest BCUT2D eigenvalue weighted by Gasteiger charge is 2.36. The van der Waals surface area contributed by atoms with Crippen LogP contribution in [-0.4, -0.2) is 226 Å². The molecular formula is C76H126N12O24S2. The van der Waals surface area contributed by atoms with Gasteiger partial charge < -0.3 is 63.9 Å². The van der Waals surface area contributed by atoms with Crippen molar-refractivity contribution >= 4 is 120 Å². The summed E-state index contributed by atoms with van der Waals surface area (Å²) in [5.41, 5.74) is 15.2. The zero-order valence-electron chi connectivity index (χ0n) is 68.2. The second-order valence-electron chi connectivity index (χ2n) is 29.9. The number of carbonyl (C=O) groups is 17. The Bertz CT molecular complexity index is 3520. The topological polar surface area (TPSA) is 566 Å². The van der Waals surface area contributed by atoms with Crippen LogP contribution < -0.4 is 54.4 Å². The molecule has 0 aromatic carbocycles. The Labute approximate surface area is 670 Å². The van der Waals surface area contributed by atoms with Gasteiger partial charge in [0.15, 0.2) is 27.2 Å². The summed E-state index contributed by atoms with van der Waals surface area (Å²) in [6, 6.07) is -6.31. The van der Waals surface area contributed by atoms with Gasteiger partial charge in [0.1, 0.15) is 35.8 Å². The Morgan fingerprint density at radius 3 is 1.14 bits per heavy atom. The fraction of sp³-hybridized carbons (Fsp3) is 0.697. The SMILES string of the molecule is C=CS(=O)(=O)CCCCCC(=O)N[C@@H](C(=O)C[C@H](CCCNC(N)=O)C(=O)C(C)C)C(C)C.CC(C)C(=O)[C@@H](CCCNC(N)=O)CC(=O)[C@H](NC(=O)[C@@H](CS(=O)(=O)O)NC(=O)CCCCCN1C(=O)C=CC1=O)C(C)C.CC(C)C(=O)[C@H](CCCNC(N)=O)CC(=O)[C@@H](NC(=O)COCCOCCN1C(=O)C=CC1=O)C(C)C. The summed E-state index contributed by atoms with van der Waals surface area (Å²) < 4.78 is 66.1. The van der Waals surface area contributed by atoms with Crippen LogP contribution in [0.3, 0.4) is 0 Å². The number of hydrogen-bond donors (Lipinski definition) is 11. The molecule has 0 fully saturated rings. The van der Waals surface area contributed by atoms with E-state index in [1.54, 1.807) is 69.2 Å². The van der Waals surface area contributed by atoms with Crippen molar-refractivity contribution in [3.63, 3.8) is 0 Å². The molecule has 646 valence electrons. The van der Waals surface area contributed by atoms with Crippen molar-refractivity contribution in [1.29, 1.82) is 0 Å². The van der Waals surface area contributed by atoms with E-state index in [2.05, 4.69) is 43.8 Å². The van der Waals surface area contributed by atoms with E-state index in [9.17, 15) is 103 Å². The molecule has 0 unspecified atom stereocenters. The lowest BCUT2D eigenvalue weighted by molar-refractivity contribution is -0.139. The average Bonchev–Trinajstić information content (AvgIpc) is 1.80. The largest absolute Gasteiger partial charge is 0.377 e. The molecule has 14 amide bonds. The van der Waals surface area contributed by atoms with Crippen LogP contribution in [0.5, 0.6) is 0 Å². The molecule has 0 saturated heterocycles. The molecule has 2 heterocycles. The molecule has 2 aliphatic heterocycles. The Morgan fingerprint density at radius 1 is 0.447 bits per heavy atom. The minimum Gasteiger partial charge on any atom is -0.377 e. The number of imide groups is 2. The van der Waals surface area contributed by atoms with E-state index in [0.29, 0.717) is 83.7 Å². The Kier molecular flexibility index (Phi) is 51.1. The third-order valence-electron chi connectivity index (χ3n) is 18.1. The highest BCUT2D eigenvalue weighted by Crippen LogP contribution is 2.24. The zero-order chi connectivity index (χ0) is 87.2. The Balaban J connectivity index is 0.00000170. The normalized spacial score (nSPS) is 14.6. The summed E-state index contributed by atoms with van der Waals surface area (Å²) in [5.74, 6) is -9.64. The number of primary amides is 3. The molecule has 38 heteroatoms. The van der Waals surface area contributed by atoms with Gasteiger partial charge in [0, 0.05) is 124 Å². The van der Waals surface area contributed by atoms with Crippen LogP contribution in [0, 0.1) is 53.3 Å². The van der Waals surface area contributed by atoms with Crippen LogP contribution in [0.1, 0.15) is 192 Å². The van der Waals surface area contributed by atoms with Crippen molar-refractivity contribution in [3.8, 4) is 0 Å². The summed E-state index contributed by atoms with van der Waals surface area (Å²) in [6.07, 6.45) is 9.89. The molecule has 2 rings (SSSR count). The molecule has 0 aromatic heterocycles. The molecule has 2 aliphatic rings. The number of ketones is 6. The molecule has 114 heavy (non-hydrogen) atoms. The van der Waals surface area contributed by atoms with Crippen LogP contribution in [0.25, 0.3) is 0 Å². The van der Waals surface area contributed by atoms with Crippen LogP contribution in [0.4, 0.5) is 14.4 Å². The molecule has 7 atom stereocenters. The highest BCUT2D eigenvalue weighted by molar-refractivity contribution is 7.94. The number of ether oxygens (including phenoxy) is 2. The highest BCUT2D eigenvalue weighted by atomic mass is 32.2. The second-order valence-corrected chi connectivity index (χ2v) is 33.5. The Hall–Kier alpha value is -9.01. The second kappa shape index (κ2) is 55.5. The standard InChI is InChI=1S/C28H45N5O10S.C25H40N4O8.C23H41N3O6S/c1-17(2)25(21(34)15-19(26(38)18(3)4)9-8-13-30-28(29)40)32-27(39)20(16-44(41,42)43)31-22(35)10-6-5-7-14-33-23(36)11-12-24(33)37;1-16(2)23(19(30)14-18(24(34)17(3)4)6-5-9-27-25(26)35)28-20(31)15-37-13-12-36-11-10-29-21(32)7-8-22(29)33;1-6-33(31,32)14-9-7-8-12-20(28)26-21(16(2)3)19(27)15-18(22(29)17(4)5)11-10-13-25-23(24)30/h11-12,17-20,25H,5-10,13-16H2,1-4H3,(H,31,35)(H,32,39)(H3,29,30,40)(H,41,42,43);7-8,16-18,23H,5-6,9-15H2,1-4H3,(H,28,31)(H3,26,27,35);6,16-18,21H,1,7-15H2,2-5H3,(H,26,28)(H3,24,25,30)/t19-,20+,25+;18-,23+;18-,21+/m010/s1. The lowest BCUT2D eigenvalue weighted by Crippen LogP contribution is -2.55. The number of sulfone groups is 1. The van der Waals surface area contributed by atoms with E-state index >= 15 is 0 Å². The monoisotopic (exact) mass is 1650 g/mol. The third-order valence-corrected chi connectivity index (χ3v) is 20.2. The fourth-order valence-corrected chi connectivity index (χ4v) is 13.3. The lowest BCUT2D eigenvalue weighted by Gasteiger charge is -2.26. The van der Waals surface area contributed by atoms with Gasteiger partial charge in [0.2, 0.25) is 23.6 Å². The predicted molar refractivity (Wildman–Crippen MR) is 422 cm³/mol. The van der Waals surface area contributed by atoms with Gasteiger partial charge >= 0.3 is 18.1 Å². The van der Waals surface area contributed by atoms with E-state index in [4.69, 9.17) is 26.7 Å². The van der Waals surface area contributed by atoms with E-state index in [1.165, 1.54) is 24.3 Å². The quantitative estimate of drug-likeness (QED) is 0.0237. The zero-order valence-corrected chi connectivity index (χ0v) is 69.8. The maximum Gasteiger partial charge on any atom is 0.312 e. The van der Waals surface area contributed by atoms with Crippen LogP contribution >= 0.6 is 0 Å². The van der Waals surface area contributed by atoms with Gasteiger partial charge in [-0.25, -0.2) is 22.8 Å². The van der Waals surface area contributed by atoms with Crippen molar-refractivity contribution in [1.82, 2.24) is 47.0 Å². The summed E-state index contributed by atoms with van der Waals surface area (Å²) in [4.78, 5) is 209. The summed E-state index contributed by atoms with van der Waals surface area (Å²) in [5, 5.41) is 18.6. The van der Waals surface area contributed by atoms with E-state index in [0.717, 1.165) is 15.2 Å². The number of nitrogens with zero attached hydrogens (tertiary/aromatic N) is 2. The number of amides is 14. The van der Waals surface area contributed by atoms with Crippen molar-refractivity contribution in [2.75, 3.05) is 70.7 Å². The molecule has 0 saturated carbocycles. The number of nitrogens with one attached hydrogen (secondary N) is 7. The van der Waals surface area contributed by atoms with Crippen LogP contribution in [-0.2, 0) is 96.6 Å². The Morgan fingerprint density at radius 2 is 0.789 bits per heavy atom.